The molecule has 0 saturated carbocycles. The van der Waals surface area contributed by atoms with Crippen molar-refractivity contribution in [1.82, 2.24) is 10.2 Å². The minimum Gasteiger partial charge on any atom is -0.480 e. The fourth-order valence-corrected chi connectivity index (χ4v) is 1.55. The number of hydrogen-bond acceptors (Lipinski definition) is 3. The third kappa shape index (κ3) is 3.76. The van der Waals surface area contributed by atoms with Gasteiger partial charge in [-0.3, -0.25) is 9.69 Å². The van der Waals surface area contributed by atoms with Crippen LogP contribution >= 0.6 is 0 Å². The summed E-state index contributed by atoms with van der Waals surface area (Å²) in [6, 6.07) is 0. The van der Waals surface area contributed by atoms with Crippen LogP contribution in [0.4, 0.5) is 0 Å². The van der Waals surface area contributed by atoms with Crippen LogP contribution in [-0.2, 0) is 4.79 Å². The molecular formula is C12H26N2O2. The molecule has 0 fully saturated rings. The van der Waals surface area contributed by atoms with Crippen LogP contribution in [-0.4, -0.2) is 47.2 Å². The highest BCUT2D eigenvalue weighted by atomic mass is 16.4. The molecule has 0 aromatic heterocycles. The van der Waals surface area contributed by atoms with Gasteiger partial charge >= 0.3 is 5.97 Å². The van der Waals surface area contributed by atoms with Crippen molar-refractivity contribution in [3.05, 3.63) is 0 Å². The summed E-state index contributed by atoms with van der Waals surface area (Å²) in [4.78, 5) is 13.4. The lowest BCUT2D eigenvalue weighted by atomic mass is 9.95. The summed E-state index contributed by atoms with van der Waals surface area (Å²) >= 11 is 0. The summed E-state index contributed by atoms with van der Waals surface area (Å²) in [7, 11) is 1.97. The molecule has 0 aromatic carbocycles. The Morgan fingerprint density at radius 3 is 2.12 bits per heavy atom. The molecule has 0 spiro atoms. The lowest BCUT2D eigenvalue weighted by Gasteiger charge is -2.40. The van der Waals surface area contributed by atoms with Crippen LogP contribution in [0.5, 0.6) is 0 Å². The Balaban J connectivity index is 4.71. The largest absolute Gasteiger partial charge is 0.480 e. The number of carbonyl (C=O) groups is 1. The van der Waals surface area contributed by atoms with Crippen LogP contribution in [0.2, 0.25) is 0 Å². The Bertz CT molecular complexity index is 241. The standard InChI is InChI=1S/C12H26N2O2/c1-7-11(3,4)14(6)9-12(5,10(15)16)13-8-2/h13H,7-9H2,1-6H3,(H,15,16). The molecule has 0 saturated heterocycles. The molecule has 0 heterocycles. The highest BCUT2D eigenvalue weighted by Crippen LogP contribution is 2.19. The molecule has 0 aliphatic rings. The van der Waals surface area contributed by atoms with Crippen molar-refractivity contribution in [2.45, 2.75) is 52.1 Å². The average molecular weight is 230 g/mol. The quantitative estimate of drug-likeness (QED) is 0.697. The van der Waals surface area contributed by atoms with Crippen LogP contribution in [0.3, 0.4) is 0 Å². The molecule has 0 aromatic rings. The van der Waals surface area contributed by atoms with Gasteiger partial charge in [-0.15, -0.1) is 0 Å². The molecule has 96 valence electrons. The van der Waals surface area contributed by atoms with Crippen LogP contribution in [0.25, 0.3) is 0 Å². The normalized spacial score (nSPS) is 16.2. The van der Waals surface area contributed by atoms with E-state index >= 15 is 0 Å². The van der Waals surface area contributed by atoms with Gasteiger partial charge in [0.2, 0.25) is 0 Å². The number of carboxylic acid groups (broad SMARTS) is 1. The first-order chi connectivity index (χ1) is 7.19. The molecule has 4 heteroatoms. The molecule has 0 bridgehead atoms. The molecule has 0 amide bonds. The fraction of sp³-hybridized carbons (Fsp3) is 0.917. The fourth-order valence-electron chi connectivity index (χ4n) is 1.55. The molecule has 0 radical (unpaired) electrons. The minimum atomic E-state index is -0.879. The van der Waals surface area contributed by atoms with Crippen molar-refractivity contribution in [2.75, 3.05) is 20.1 Å². The molecule has 1 atom stereocenters. The summed E-state index contributed by atoms with van der Waals surface area (Å²) < 4.78 is 0. The van der Waals surface area contributed by atoms with E-state index in [1.807, 2.05) is 14.0 Å². The maximum absolute atomic E-state index is 11.3. The number of likely N-dealkylation sites (N-methyl/N-ethyl adjacent to an activating group) is 2. The Hall–Kier alpha value is -0.610. The average Bonchev–Trinajstić information content (AvgIpc) is 2.17. The van der Waals surface area contributed by atoms with Crippen LogP contribution < -0.4 is 5.32 Å². The first-order valence-corrected chi connectivity index (χ1v) is 5.89. The molecule has 0 aliphatic carbocycles. The van der Waals surface area contributed by atoms with E-state index in [1.165, 1.54) is 0 Å². The Morgan fingerprint density at radius 1 is 1.31 bits per heavy atom. The van der Waals surface area contributed by atoms with Crippen molar-refractivity contribution in [3.63, 3.8) is 0 Å². The highest BCUT2D eigenvalue weighted by molar-refractivity contribution is 5.78. The summed E-state index contributed by atoms with van der Waals surface area (Å²) in [6.07, 6.45) is 0.991. The molecule has 0 rings (SSSR count). The molecule has 2 N–H and O–H groups in total. The third-order valence-electron chi connectivity index (χ3n) is 3.49. The van der Waals surface area contributed by atoms with E-state index in [1.54, 1.807) is 6.92 Å². The number of nitrogens with one attached hydrogen (secondary N) is 1. The predicted molar refractivity (Wildman–Crippen MR) is 66.7 cm³/mol. The topological polar surface area (TPSA) is 52.6 Å². The number of rotatable bonds is 7. The first kappa shape index (κ1) is 15.4. The second-order valence-corrected chi connectivity index (χ2v) is 5.19. The number of hydrogen-bond donors (Lipinski definition) is 2. The molecular weight excluding hydrogens is 204 g/mol. The van der Waals surface area contributed by atoms with E-state index in [0.29, 0.717) is 13.1 Å². The highest BCUT2D eigenvalue weighted by Gasteiger charge is 2.36. The number of aliphatic carboxylic acids is 1. The lowest BCUT2D eigenvalue weighted by Crippen LogP contribution is -2.59. The summed E-state index contributed by atoms with van der Waals surface area (Å²) in [5.74, 6) is -0.798. The number of nitrogens with zero attached hydrogens (tertiary/aromatic N) is 1. The van der Waals surface area contributed by atoms with E-state index in [0.717, 1.165) is 6.42 Å². The van der Waals surface area contributed by atoms with Crippen molar-refractivity contribution < 1.29 is 9.90 Å². The van der Waals surface area contributed by atoms with Gasteiger partial charge in [0.15, 0.2) is 0 Å². The van der Waals surface area contributed by atoms with Gasteiger partial charge in [-0.05, 0) is 40.8 Å². The molecule has 0 aliphatic heterocycles. The van der Waals surface area contributed by atoms with Gasteiger partial charge in [-0.1, -0.05) is 13.8 Å². The van der Waals surface area contributed by atoms with Crippen molar-refractivity contribution >= 4 is 5.97 Å². The second-order valence-electron chi connectivity index (χ2n) is 5.19. The smallest absolute Gasteiger partial charge is 0.324 e. The SMILES string of the molecule is CCNC(C)(CN(C)C(C)(C)CC)C(=O)O. The summed E-state index contributed by atoms with van der Waals surface area (Å²) in [5.41, 5.74) is -0.859. The van der Waals surface area contributed by atoms with Crippen molar-refractivity contribution in [3.8, 4) is 0 Å². The Labute approximate surface area is 99.0 Å². The van der Waals surface area contributed by atoms with Gasteiger partial charge in [0.05, 0.1) is 0 Å². The molecule has 4 nitrogen and oxygen atoms in total. The maximum Gasteiger partial charge on any atom is 0.324 e. The summed E-state index contributed by atoms with van der Waals surface area (Å²) in [6.45, 7) is 11.2. The monoisotopic (exact) mass is 230 g/mol. The van der Waals surface area contributed by atoms with Crippen molar-refractivity contribution in [2.24, 2.45) is 0 Å². The maximum atomic E-state index is 11.3. The van der Waals surface area contributed by atoms with Gasteiger partial charge in [-0.2, -0.15) is 0 Å². The van der Waals surface area contributed by atoms with Gasteiger partial charge in [-0.25, -0.2) is 0 Å². The zero-order chi connectivity index (χ0) is 13.0. The van der Waals surface area contributed by atoms with Gasteiger partial charge in [0, 0.05) is 12.1 Å². The zero-order valence-corrected chi connectivity index (χ0v) is 11.4. The Kier molecular flexibility index (Phi) is 5.42. The van der Waals surface area contributed by atoms with Crippen LogP contribution in [0.1, 0.15) is 41.0 Å². The van der Waals surface area contributed by atoms with Crippen LogP contribution in [0, 0.1) is 0 Å². The Morgan fingerprint density at radius 2 is 1.81 bits per heavy atom. The van der Waals surface area contributed by atoms with Gasteiger partial charge in [0.25, 0.3) is 0 Å². The van der Waals surface area contributed by atoms with Crippen molar-refractivity contribution in [1.29, 1.82) is 0 Å². The lowest BCUT2D eigenvalue weighted by molar-refractivity contribution is -0.145. The van der Waals surface area contributed by atoms with E-state index in [-0.39, 0.29) is 5.54 Å². The van der Waals surface area contributed by atoms with E-state index in [4.69, 9.17) is 0 Å². The summed E-state index contributed by atoms with van der Waals surface area (Å²) in [5, 5.41) is 12.3. The van der Waals surface area contributed by atoms with Gasteiger partial charge in [0.1, 0.15) is 5.54 Å². The molecule has 16 heavy (non-hydrogen) atoms. The second kappa shape index (κ2) is 5.64. The zero-order valence-electron chi connectivity index (χ0n) is 11.4. The van der Waals surface area contributed by atoms with E-state index in [2.05, 4.69) is 31.0 Å². The third-order valence-corrected chi connectivity index (χ3v) is 3.49. The van der Waals surface area contributed by atoms with E-state index in [9.17, 15) is 9.90 Å². The van der Waals surface area contributed by atoms with Gasteiger partial charge < -0.3 is 10.4 Å². The molecule has 1 unspecified atom stereocenters. The van der Waals surface area contributed by atoms with Crippen LogP contribution in [0.15, 0.2) is 0 Å². The minimum absolute atomic E-state index is 0.0200. The predicted octanol–water partition coefficient (Wildman–Crippen LogP) is 1.56. The number of carboxylic acids is 1. The van der Waals surface area contributed by atoms with E-state index < -0.39 is 11.5 Å². The first-order valence-electron chi connectivity index (χ1n) is 5.89.